The first-order chi connectivity index (χ1) is 4.18. The smallest absolute Gasteiger partial charge is 0.410 e. The van der Waals surface area contributed by atoms with Crippen LogP contribution in [0.25, 0.3) is 5.73 Å². The molecule has 0 spiro atoms. The Morgan fingerprint density at radius 2 is 1.40 bits per heavy atom. The number of rotatable bonds is 0. The molecule has 0 atom stereocenters. The second kappa shape index (κ2) is 4.04. The van der Waals surface area contributed by atoms with E-state index >= 15 is 0 Å². The van der Waals surface area contributed by atoms with Gasteiger partial charge in [0.25, 0.3) is 0 Å². The maximum atomic E-state index is 6.85. The number of nitrogens with two attached hydrogens (primary N) is 2. The fourth-order valence-electron chi connectivity index (χ4n) is 0.409. The molecule has 0 fully saturated rings. The average molecular weight is 164 g/mol. The van der Waals surface area contributed by atoms with Crippen molar-refractivity contribution in [1.82, 2.24) is 15.0 Å². The largest absolute Gasteiger partial charge is 1.00 e. The maximum Gasteiger partial charge on any atom is 1.00 e. The van der Waals surface area contributed by atoms with Crippen molar-refractivity contribution in [3.05, 3.63) is 5.73 Å². The molecule has 48 valence electrons. The van der Waals surface area contributed by atoms with Gasteiger partial charge in [0.2, 0.25) is 0 Å². The first kappa shape index (κ1) is 10.0. The molecule has 10 heavy (non-hydrogen) atoms. The molecule has 0 aromatic carbocycles. The summed E-state index contributed by atoms with van der Waals surface area (Å²) < 4.78 is 0. The van der Waals surface area contributed by atoms with E-state index < -0.39 is 0 Å². The number of hydrogen-bond acceptors (Lipinski definition) is 5. The van der Waals surface area contributed by atoms with Gasteiger partial charge in [-0.1, -0.05) is 0 Å². The number of nitrogen functional groups attached to an aromatic ring is 2. The third-order valence-electron chi connectivity index (χ3n) is 0.670. The summed E-state index contributed by atoms with van der Waals surface area (Å²) in [5, 5.41) is 0. The van der Waals surface area contributed by atoms with Crippen LogP contribution in [0.2, 0.25) is 0 Å². The summed E-state index contributed by atoms with van der Waals surface area (Å²) in [4.78, 5) is 10.2. The molecule has 0 aliphatic carbocycles. The predicted molar refractivity (Wildman–Crippen MR) is 32.6 cm³/mol. The SMILES string of the molecule is [K+].[NH-]c1nc(N)nc(N)n1. The van der Waals surface area contributed by atoms with E-state index in [1.54, 1.807) is 0 Å². The zero-order chi connectivity index (χ0) is 6.85. The summed E-state index contributed by atoms with van der Waals surface area (Å²) in [6.07, 6.45) is 0. The molecule has 0 aliphatic rings. The van der Waals surface area contributed by atoms with E-state index in [-0.39, 0.29) is 69.2 Å². The first-order valence-electron chi connectivity index (χ1n) is 2.17. The van der Waals surface area contributed by atoms with Gasteiger partial charge in [-0.2, -0.15) is 0 Å². The van der Waals surface area contributed by atoms with Gasteiger partial charge in [0, 0.05) is 5.95 Å². The summed E-state index contributed by atoms with van der Waals surface area (Å²) in [5.74, 6) is -0.250. The van der Waals surface area contributed by atoms with E-state index in [2.05, 4.69) is 15.0 Å². The molecular formula is C3H5KN6. The van der Waals surface area contributed by atoms with Crippen molar-refractivity contribution in [3.8, 4) is 0 Å². The van der Waals surface area contributed by atoms with Crippen LogP contribution in [0.5, 0.6) is 0 Å². The number of hydrogen-bond donors (Lipinski definition) is 2. The maximum absolute atomic E-state index is 6.85. The Kier molecular flexibility index (Phi) is 4.05. The number of anilines is 2. The second-order valence-corrected chi connectivity index (χ2v) is 1.38. The summed E-state index contributed by atoms with van der Waals surface area (Å²) in [6.45, 7) is 0. The van der Waals surface area contributed by atoms with Gasteiger partial charge in [-0.05, 0) is 0 Å². The van der Waals surface area contributed by atoms with Gasteiger partial charge < -0.3 is 27.2 Å². The van der Waals surface area contributed by atoms with Gasteiger partial charge in [0.15, 0.2) is 11.9 Å². The Morgan fingerprint density at radius 1 is 1.00 bits per heavy atom. The normalized spacial score (nSPS) is 8.40. The Hall–Kier alpha value is 0.0464. The van der Waals surface area contributed by atoms with Crippen LogP contribution < -0.4 is 62.9 Å². The van der Waals surface area contributed by atoms with Crippen molar-refractivity contribution in [3.63, 3.8) is 0 Å². The van der Waals surface area contributed by atoms with Crippen LogP contribution in [-0.4, -0.2) is 15.0 Å². The molecule has 6 nitrogen and oxygen atoms in total. The zero-order valence-corrected chi connectivity index (χ0v) is 8.62. The van der Waals surface area contributed by atoms with Gasteiger partial charge in [-0.3, -0.25) is 0 Å². The molecule has 1 aromatic rings. The Balaban J connectivity index is 0.000000810. The predicted octanol–water partition coefficient (Wildman–Crippen LogP) is -3.28. The van der Waals surface area contributed by atoms with Gasteiger partial charge in [0.1, 0.15) is 0 Å². The fraction of sp³-hybridized carbons (Fsp3) is 0. The Bertz CT molecular complexity index is 174. The van der Waals surface area contributed by atoms with Crippen molar-refractivity contribution >= 4 is 17.8 Å². The van der Waals surface area contributed by atoms with Crippen LogP contribution in [0.1, 0.15) is 0 Å². The fourth-order valence-corrected chi connectivity index (χ4v) is 0.409. The molecule has 0 unspecified atom stereocenters. The van der Waals surface area contributed by atoms with Crippen LogP contribution in [0, 0.1) is 0 Å². The number of nitrogens with zero attached hydrogens (tertiary/aromatic N) is 3. The van der Waals surface area contributed by atoms with Crippen molar-refractivity contribution in [1.29, 1.82) is 0 Å². The first-order valence-corrected chi connectivity index (χ1v) is 2.17. The third-order valence-corrected chi connectivity index (χ3v) is 0.670. The van der Waals surface area contributed by atoms with Crippen molar-refractivity contribution in [2.24, 2.45) is 0 Å². The minimum Gasteiger partial charge on any atom is -0.410 e. The van der Waals surface area contributed by atoms with E-state index in [1.807, 2.05) is 0 Å². The molecular weight excluding hydrogens is 159 g/mol. The van der Waals surface area contributed by atoms with Crippen molar-refractivity contribution < 1.29 is 51.4 Å². The van der Waals surface area contributed by atoms with E-state index in [1.165, 1.54) is 0 Å². The van der Waals surface area contributed by atoms with E-state index in [4.69, 9.17) is 17.2 Å². The van der Waals surface area contributed by atoms with Crippen LogP contribution >= 0.6 is 0 Å². The van der Waals surface area contributed by atoms with Crippen LogP contribution in [0.3, 0.4) is 0 Å². The van der Waals surface area contributed by atoms with E-state index in [0.717, 1.165) is 0 Å². The molecule has 1 aromatic heterocycles. The summed E-state index contributed by atoms with van der Waals surface area (Å²) in [7, 11) is 0. The molecule has 0 radical (unpaired) electrons. The molecule has 5 N–H and O–H groups in total. The topological polar surface area (TPSA) is 115 Å². The van der Waals surface area contributed by atoms with Gasteiger partial charge in [-0.15, -0.1) is 0 Å². The molecule has 7 heteroatoms. The number of aromatic nitrogens is 3. The second-order valence-electron chi connectivity index (χ2n) is 1.38. The third kappa shape index (κ3) is 2.75. The van der Waals surface area contributed by atoms with E-state index in [0.29, 0.717) is 0 Å². The summed E-state index contributed by atoms with van der Waals surface area (Å²) in [5.41, 5.74) is 17.0. The summed E-state index contributed by atoms with van der Waals surface area (Å²) in [6, 6.07) is 0. The number of nitrogens with one attached hydrogen (secondary N) is 1. The van der Waals surface area contributed by atoms with Gasteiger partial charge >= 0.3 is 51.4 Å². The Morgan fingerprint density at radius 3 is 1.70 bits per heavy atom. The van der Waals surface area contributed by atoms with Gasteiger partial charge in [0.05, 0.1) is 0 Å². The molecule has 0 bridgehead atoms. The van der Waals surface area contributed by atoms with Crippen LogP contribution in [-0.2, 0) is 0 Å². The molecule has 1 heterocycles. The standard InChI is InChI=1S/C3H5N6.K/c4-1-7-2(5)9-3(6)8-1;/h(H5-,4,5,6,7,8,9);/q-1;+1. The minimum atomic E-state index is -0.208. The molecule has 0 aliphatic heterocycles. The minimum absolute atomic E-state index is 0. The zero-order valence-electron chi connectivity index (χ0n) is 5.50. The van der Waals surface area contributed by atoms with E-state index in [9.17, 15) is 0 Å². The quantitative estimate of drug-likeness (QED) is 0.390. The molecule has 1 rings (SSSR count). The van der Waals surface area contributed by atoms with Crippen molar-refractivity contribution in [2.75, 3.05) is 11.5 Å². The monoisotopic (exact) mass is 164 g/mol. The van der Waals surface area contributed by atoms with Crippen LogP contribution in [0.4, 0.5) is 17.8 Å². The summed E-state index contributed by atoms with van der Waals surface area (Å²) >= 11 is 0. The van der Waals surface area contributed by atoms with Crippen molar-refractivity contribution in [2.45, 2.75) is 0 Å². The molecule has 0 saturated heterocycles. The Labute approximate surface area is 100 Å². The van der Waals surface area contributed by atoms with Gasteiger partial charge in [-0.25, -0.2) is 4.98 Å². The average Bonchev–Trinajstić information content (AvgIpc) is 1.59. The molecule has 0 saturated carbocycles. The molecule has 0 amide bonds. The van der Waals surface area contributed by atoms with Crippen LogP contribution in [0.15, 0.2) is 0 Å².